The molecule has 0 bridgehead atoms. The van der Waals surface area contributed by atoms with Gasteiger partial charge in [0.25, 0.3) is 0 Å². The predicted octanol–water partition coefficient (Wildman–Crippen LogP) is 4.66. The standard InChI is InChI=1S/C22H20FN5OS/c1-2-13-27-21(15-29-20-7-4-3-6-19(20)23)25-26-22(27)30-16-17-8-10-18(11-9-17)28-14-5-12-24-28/h2-12,14H,1,13,15-16H2. The van der Waals surface area contributed by atoms with Gasteiger partial charge in [-0.05, 0) is 35.9 Å². The first-order valence-electron chi connectivity index (χ1n) is 9.36. The molecule has 0 fully saturated rings. The van der Waals surface area contributed by atoms with E-state index in [4.69, 9.17) is 4.74 Å². The number of allylic oxidation sites excluding steroid dienone is 1. The molecule has 0 aliphatic carbocycles. The number of thioether (sulfide) groups is 1. The number of para-hydroxylation sites is 1. The van der Waals surface area contributed by atoms with E-state index in [1.165, 1.54) is 6.07 Å². The van der Waals surface area contributed by atoms with Gasteiger partial charge in [0.1, 0.15) is 6.61 Å². The Labute approximate surface area is 178 Å². The molecule has 2 aromatic carbocycles. The van der Waals surface area contributed by atoms with Gasteiger partial charge in [-0.2, -0.15) is 5.10 Å². The molecular weight excluding hydrogens is 401 g/mol. The van der Waals surface area contributed by atoms with Crippen LogP contribution in [0.4, 0.5) is 4.39 Å². The topological polar surface area (TPSA) is 57.8 Å². The van der Waals surface area contributed by atoms with Crippen LogP contribution in [-0.2, 0) is 18.9 Å². The molecule has 0 aliphatic rings. The molecular formula is C22H20FN5OS. The highest BCUT2D eigenvalue weighted by Crippen LogP contribution is 2.24. The zero-order valence-electron chi connectivity index (χ0n) is 16.2. The first-order chi connectivity index (χ1) is 14.7. The van der Waals surface area contributed by atoms with Crippen LogP contribution in [0, 0.1) is 5.82 Å². The summed E-state index contributed by atoms with van der Waals surface area (Å²) in [5, 5.41) is 13.5. The molecule has 0 unspecified atom stereocenters. The Morgan fingerprint density at radius 1 is 1.07 bits per heavy atom. The third-order valence-corrected chi connectivity index (χ3v) is 5.41. The van der Waals surface area contributed by atoms with Gasteiger partial charge in [-0.25, -0.2) is 9.07 Å². The first kappa shape index (κ1) is 19.9. The summed E-state index contributed by atoms with van der Waals surface area (Å²) in [6.07, 6.45) is 5.44. The highest BCUT2D eigenvalue weighted by Gasteiger charge is 2.13. The molecule has 0 aliphatic heterocycles. The van der Waals surface area contributed by atoms with Crippen LogP contribution in [0.5, 0.6) is 5.75 Å². The molecule has 2 aromatic heterocycles. The van der Waals surface area contributed by atoms with E-state index in [2.05, 4.69) is 34.0 Å². The molecule has 30 heavy (non-hydrogen) atoms. The van der Waals surface area contributed by atoms with E-state index in [0.29, 0.717) is 12.4 Å². The van der Waals surface area contributed by atoms with Gasteiger partial charge in [-0.3, -0.25) is 4.57 Å². The molecule has 0 saturated heterocycles. The lowest BCUT2D eigenvalue weighted by atomic mass is 10.2. The predicted molar refractivity (Wildman–Crippen MR) is 114 cm³/mol. The van der Waals surface area contributed by atoms with Crippen LogP contribution in [0.25, 0.3) is 5.69 Å². The lowest BCUT2D eigenvalue weighted by molar-refractivity contribution is 0.275. The van der Waals surface area contributed by atoms with E-state index in [1.54, 1.807) is 42.2 Å². The molecule has 0 N–H and O–H groups in total. The molecule has 4 rings (SSSR count). The van der Waals surface area contributed by atoms with Crippen LogP contribution >= 0.6 is 11.8 Å². The molecule has 0 spiro atoms. The monoisotopic (exact) mass is 421 g/mol. The van der Waals surface area contributed by atoms with Crippen molar-refractivity contribution in [2.45, 2.75) is 24.1 Å². The number of halogens is 1. The van der Waals surface area contributed by atoms with Crippen molar-refractivity contribution in [1.82, 2.24) is 24.5 Å². The number of aromatic nitrogens is 5. The molecule has 0 amide bonds. The molecule has 0 saturated carbocycles. The Bertz CT molecular complexity index is 1110. The van der Waals surface area contributed by atoms with Gasteiger partial charge in [0.05, 0.1) is 5.69 Å². The Kier molecular flexibility index (Phi) is 6.24. The summed E-state index contributed by atoms with van der Waals surface area (Å²) in [6, 6.07) is 16.4. The quantitative estimate of drug-likeness (QED) is 0.291. The minimum Gasteiger partial charge on any atom is -0.483 e. The minimum absolute atomic E-state index is 0.126. The maximum atomic E-state index is 13.8. The Hall–Kier alpha value is -3.39. The number of hydrogen-bond donors (Lipinski definition) is 0. The molecule has 0 radical (unpaired) electrons. The van der Waals surface area contributed by atoms with Crippen molar-refractivity contribution < 1.29 is 9.13 Å². The highest BCUT2D eigenvalue weighted by molar-refractivity contribution is 7.98. The SMILES string of the molecule is C=CCn1c(COc2ccccc2F)nnc1SCc1ccc(-n2cccn2)cc1. The van der Waals surface area contributed by atoms with Crippen molar-refractivity contribution in [1.29, 1.82) is 0 Å². The van der Waals surface area contributed by atoms with Gasteiger partial charge in [-0.15, -0.1) is 16.8 Å². The van der Waals surface area contributed by atoms with Crippen molar-refractivity contribution in [2.24, 2.45) is 0 Å². The second kappa shape index (κ2) is 9.41. The zero-order valence-corrected chi connectivity index (χ0v) is 17.0. The molecule has 0 atom stereocenters. The van der Waals surface area contributed by atoms with Crippen LogP contribution in [0.3, 0.4) is 0 Å². The average Bonchev–Trinajstić information content (AvgIpc) is 3.43. The van der Waals surface area contributed by atoms with Gasteiger partial charge >= 0.3 is 0 Å². The fraction of sp³-hybridized carbons (Fsp3) is 0.136. The molecule has 2 heterocycles. The van der Waals surface area contributed by atoms with E-state index in [-0.39, 0.29) is 12.4 Å². The van der Waals surface area contributed by atoms with Crippen molar-refractivity contribution in [3.63, 3.8) is 0 Å². The van der Waals surface area contributed by atoms with E-state index >= 15 is 0 Å². The Balaban J connectivity index is 1.42. The smallest absolute Gasteiger partial charge is 0.191 e. The largest absolute Gasteiger partial charge is 0.483 e. The van der Waals surface area contributed by atoms with Gasteiger partial charge in [0.2, 0.25) is 0 Å². The summed E-state index contributed by atoms with van der Waals surface area (Å²) in [5.74, 6) is 1.15. The Morgan fingerprint density at radius 2 is 1.90 bits per heavy atom. The molecule has 8 heteroatoms. The first-order valence-corrected chi connectivity index (χ1v) is 10.3. The summed E-state index contributed by atoms with van der Waals surface area (Å²) in [4.78, 5) is 0. The van der Waals surface area contributed by atoms with E-state index < -0.39 is 5.82 Å². The maximum absolute atomic E-state index is 13.8. The van der Waals surface area contributed by atoms with Gasteiger partial charge in [0.15, 0.2) is 22.5 Å². The zero-order chi connectivity index (χ0) is 20.8. The molecule has 6 nitrogen and oxygen atoms in total. The van der Waals surface area contributed by atoms with Crippen molar-refractivity contribution in [3.05, 3.63) is 96.9 Å². The van der Waals surface area contributed by atoms with Crippen LogP contribution < -0.4 is 4.74 Å². The second-order valence-electron chi connectivity index (χ2n) is 6.42. The minimum atomic E-state index is -0.402. The number of rotatable bonds is 9. The van der Waals surface area contributed by atoms with Crippen LogP contribution in [0.2, 0.25) is 0 Å². The van der Waals surface area contributed by atoms with Crippen molar-refractivity contribution in [2.75, 3.05) is 0 Å². The fourth-order valence-corrected chi connectivity index (χ4v) is 3.79. The highest BCUT2D eigenvalue weighted by atomic mass is 32.2. The van der Waals surface area contributed by atoms with E-state index in [1.807, 2.05) is 33.6 Å². The number of nitrogens with zero attached hydrogens (tertiary/aromatic N) is 5. The summed E-state index contributed by atoms with van der Waals surface area (Å²) < 4.78 is 23.1. The van der Waals surface area contributed by atoms with Crippen molar-refractivity contribution in [3.8, 4) is 11.4 Å². The number of hydrogen-bond acceptors (Lipinski definition) is 5. The third-order valence-electron chi connectivity index (χ3n) is 4.37. The van der Waals surface area contributed by atoms with Gasteiger partial charge in [-0.1, -0.05) is 42.1 Å². The van der Waals surface area contributed by atoms with Crippen LogP contribution in [0.1, 0.15) is 11.4 Å². The van der Waals surface area contributed by atoms with Crippen LogP contribution in [-0.4, -0.2) is 24.5 Å². The summed E-state index contributed by atoms with van der Waals surface area (Å²) >= 11 is 1.58. The summed E-state index contributed by atoms with van der Waals surface area (Å²) in [6.45, 7) is 4.48. The summed E-state index contributed by atoms with van der Waals surface area (Å²) in [7, 11) is 0. The normalized spacial score (nSPS) is 10.8. The second-order valence-corrected chi connectivity index (χ2v) is 7.37. The lowest BCUT2D eigenvalue weighted by Gasteiger charge is -2.10. The van der Waals surface area contributed by atoms with Crippen molar-refractivity contribution >= 4 is 11.8 Å². The lowest BCUT2D eigenvalue weighted by Crippen LogP contribution is -2.08. The Morgan fingerprint density at radius 3 is 2.63 bits per heavy atom. The third kappa shape index (κ3) is 4.60. The molecule has 4 aromatic rings. The summed E-state index contributed by atoms with van der Waals surface area (Å²) in [5.41, 5.74) is 2.17. The van der Waals surface area contributed by atoms with Gasteiger partial charge < -0.3 is 4.74 Å². The van der Waals surface area contributed by atoms with Crippen LogP contribution in [0.15, 0.2) is 84.8 Å². The van der Waals surface area contributed by atoms with Gasteiger partial charge in [0, 0.05) is 24.7 Å². The number of ether oxygens (including phenoxy) is 1. The maximum Gasteiger partial charge on any atom is 0.191 e. The van der Waals surface area contributed by atoms with E-state index in [0.717, 1.165) is 22.2 Å². The molecule has 152 valence electrons. The average molecular weight is 422 g/mol. The fourth-order valence-electron chi connectivity index (χ4n) is 2.86. The van der Waals surface area contributed by atoms with E-state index in [9.17, 15) is 4.39 Å². The number of benzene rings is 2.